The molecule has 0 aliphatic carbocycles. The molecule has 0 bridgehead atoms. The first kappa shape index (κ1) is 19.2. The minimum atomic E-state index is -0.510. The van der Waals surface area contributed by atoms with Crippen LogP contribution < -0.4 is 5.56 Å². The first-order valence-corrected chi connectivity index (χ1v) is 9.77. The average Bonchev–Trinajstić information content (AvgIpc) is 3.14. The van der Waals surface area contributed by atoms with E-state index in [1.807, 2.05) is 18.2 Å². The number of benzene rings is 1. The van der Waals surface area contributed by atoms with Crippen LogP contribution in [0.5, 0.6) is 0 Å². The molecule has 142 valence electrons. The molecule has 2 aromatic heterocycles. The third kappa shape index (κ3) is 4.42. The SMILES string of the molecule is COC(=O)c1ccc(CSc2nc3ccccc3c(=O)n2CCC(C)C)o1. The first-order valence-electron chi connectivity index (χ1n) is 8.79. The zero-order chi connectivity index (χ0) is 19.4. The minimum absolute atomic E-state index is 0.0292. The Labute approximate surface area is 161 Å². The second-order valence-electron chi connectivity index (χ2n) is 6.60. The fourth-order valence-electron chi connectivity index (χ4n) is 2.64. The maximum atomic E-state index is 12.9. The zero-order valence-corrected chi connectivity index (χ0v) is 16.4. The van der Waals surface area contributed by atoms with Gasteiger partial charge in [0.15, 0.2) is 5.16 Å². The molecule has 0 saturated heterocycles. The molecule has 7 heteroatoms. The quantitative estimate of drug-likeness (QED) is 0.345. The molecule has 0 aliphatic rings. The number of nitrogens with zero attached hydrogens (tertiary/aromatic N) is 2. The summed E-state index contributed by atoms with van der Waals surface area (Å²) in [5.74, 6) is 1.22. The highest BCUT2D eigenvalue weighted by molar-refractivity contribution is 7.98. The number of aromatic nitrogens is 2. The lowest BCUT2D eigenvalue weighted by atomic mass is 10.1. The first-order chi connectivity index (χ1) is 13.0. The molecule has 3 aromatic rings. The third-order valence-electron chi connectivity index (χ3n) is 4.15. The predicted octanol–water partition coefficient (Wildman–Crippen LogP) is 4.11. The standard InChI is InChI=1S/C20H22N2O4S/c1-13(2)10-11-22-18(23)15-6-4-5-7-16(15)21-20(22)27-12-14-8-9-17(26-14)19(24)25-3/h4-9,13H,10-12H2,1-3H3. The van der Waals surface area contributed by atoms with Gasteiger partial charge in [0, 0.05) is 6.54 Å². The van der Waals surface area contributed by atoms with Crippen LogP contribution in [0.25, 0.3) is 10.9 Å². The Hall–Kier alpha value is -2.54. The van der Waals surface area contributed by atoms with Crippen molar-refractivity contribution in [1.29, 1.82) is 0 Å². The maximum absolute atomic E-state index is 12.9. The van der Waals surface area contributed by atoms with E-state index in [4.69, 9.17) is 4.42 Å². The molecule has 0 aliphatic heterocycles. The van der Waals surface area contributed by atoms with Gasteiger partial charge in [0.25, 0.3) is 5.56 Å². The number of carbonyl (C=O) groups excluding carboxylic acids is 1. The molecule has 1 aromatic carbocycles. The minimum Gasteiger partial charge on any atom is -0.463 e. The van der Waals surface area contributed by atoms with Crippen molar-refractivity contribution in [1.82, 2.24) is 9.55 Å². The molecule has 0 amide bonds. The van der Waals surface area contributed by atoms with E-state index in [2.05, 4.69) is 23.6 Å². The fraction of sp³-hybridized carbons (Fsp3) is 0.350. The number of ether oxygens (including phenoxy) is 1. The Morgan fingerprint density at radius 2 is 2.04 bits per heavy atom. The van der Waals surface area contributed by atoms with Gasteiger partial charge in [-0.25, -0.2) is 9.78 Å². The number of carbonyl (C=O) groups is 1. The number of fused-ring (bicyclic) bond motifs is 1. The molecule has 0 spiro atoms. The van der Waals surface area contributed by atoms with Gasteiger partial charge in [0.2, 0.25) is 5.76 Å². The van der Waals surface area contributed by atoms with Gasteiger partial charge in [-0.1, -0.05) is 37.7 Å². The molecule has 0 fully saturated rings. The predicted molar refractivity (Wildman–Crippen MR) is 105 cm³/mol. The largest absolute Gasteiger partial charge is 0.463 e. The summed E-state index contributed by atoms with van der Waals surface area (Å²) in [4.78, 5) is 29.1. The van der Waals surface area contributed by atoms with Crippen molar-refractivity contribution in [3.8, 4) is 0 Å². The summed E-state index contributed by atoms with van der Waals surface area (Å²) < 4.78 is 11.9. The molecule has 0 atom stereocenters. The lowest BCUT2D eigenvalue weighted by molar-refractivity contribution is 0.0563. The second-order valence-corrected chi connectivity index (χ2v) is 7.54. The maximum Gasteiger partial charge on any atom is 0.373 e. The van der Waals surface area contributed by atoms with Gasteiger partial charge in [-0.2, -0.15) is 0 Å². The number of furan rings is 1. The highest BCUT2D eigenvalue weighted by atomic mass is 32.2. The number of methoxy groups -OCH3 is 1. The normalized spacial score (nSPS) is 11.3. The highest BCUT2D eigenvalue weighted by Gasteiger charge is 2.15. The number of para-hydroxylation sites is 1. The van der Waals surface area contributed by atoms with Crippen molar-refractivity contribution < 1.29 is 13.9 Å². The molecule has 27 heavy (non-hydrogen) atoms. The van der Waals surface area contributed by atoms with Crippen LogP contribution in [-0.4, -0.2) is 22.6 Å². The van der Waals surface area contributed by atoms with E-state index in [0.29, 0.717) is 40.0 Å². The smallest absolute Gasteiger partial charge is 0.373 e. The summed E-state index contributed by atoms with van der Waals surface area (Å²) >= 11 is 1.42. The van der Waals surface area contributed by atoms with Crippen LogP contribution in [0.3, 0.4) is 0 Å². The van der Waals surface area contributed by atoms with Crippen molar-refractivity contribution in [3.05, 3.63) is 58.3 Å². The molecule has 0 N–H and O–H groups in total. The van der Waals surface area contributed by atoms with Crippen LogP contribution in [0.4, 0.5) is 0 Å². The van der Waals surface area contributed by atoms with Gasteiger partial charge < -0.3 is 9.15 Å². The van der Waals surface area contributed by atoms with Gasteiger partial charge in [-0.3, -0.25) is 9.36 Å². The van der Waals surface area contributed by atoms with E-state index in [1.54, 1.807) is 22.8 Å². The molecule has 0 saturated carbocycles. The van der Waals surface area contributed by atoms with Crippen molar-refractivity contribution in [3.63, 3.8) is 0 Å². The summed E-state index contributed by atoms with van der Waals surface area (Å²) in [5, 5.41) is 1.27. The summed E-state index contributed by atoms with van der Waals surface area (Å²) in [7, 11) is 1.31. The Bertz CT molecular complexity index is 1010. The van der Waals surface area contributed by atoms with Crippen LogP contribution in [0, 0.1) is 5.92 Å². The summed E-state index contributed by atoms with van der Waals surface area (Å²) in [5.41, 5.74) is 0.652. The average molecular weight is 386 g/mol. The van der Waals surface area contributed by atoms with Crippen LogP contribution in [0.15, 0.2) is 50.8 Å². The van der Waals surface area contributed by atoms with Crippen LogP contribution in [0.1, 0.15) is 36.6 Å². The van der Waals surface area contributed by atoms with Crippen molar-refractivity contribution in [2.45, 2.75) is 37.7 Å². The Morgan fingerprint density at radius 3 is 2.78 bits per heavy atom. The van der Waals surface area contributed by atoms with Crippen LogP contribution >= 0.6 is 11.8 Å². The highest BCUT2D eigenvalue weighted by Crippen LogP contribution is 2.24. The van der Waals surface area contributed by atoms with E-state index < -0.39 is 5.97 Å². The number of hydrogen-bond donors (Lipinski definition) is 0. The summed E-state index contributed by atoms with van der Waals surface area (Å²) in [6.45, 7) is 4.87. The molecule has 6 nitrogen and oxygen atoms in total. The summed E-state index contributed by atoms with van der Waals surface area (Å²) in [6.07, 6.45) is 0.890. The molecule has 2 heterocycles. The van der Waals surface area contributed by atoms with Gasteiger partial charge >= 0.3 is 5.97 Å². The number of thioether (sulfide) groups is 1. The zero-order valence-electron chi connectivity index (χ0n) is 15.6. The molecular weight excluding hydrogens is 364 g/mol. The van der Waals surface area contributed by atoms with Gasteiger partial charge in [0.05, 0.1) is 23.8 Å². The Kier molecular flexibility index (Phi) is 6.01. The lowest BCUT2D eigenvalue weighted by Crippen LogP contribution is -2.24. The lowest BCUT2D eigenvalue weighted by Gasteiger charge is -2.13. The topological polar surface area (TPSA) is 74.3 Å². The van der Waals surface area contributed by atoms with E-state index >= 15 is 0 Å². The van der Waals surface area contributed by atoms with E-state index in [9.17, 15) is 9.59 Å². The monoisotopic (exact) mass is 386 g/mol. The van der Waals surface area contributed by atoms with Crippen LogP contribution in [0.2, 0.25) is 0 Å². The summed E-state index contributed by atoms with van der Waals surface area (Å²) in [6, 6.07) is 10.7. The molecule has 0 unspecified atom stereocenters. The van der Waals surface area contributed by atoms with Crippen molar-refractivity contribution in [2.75, 3.05) is 7.11 Å². The van der Waals surface area contributed by atoms with E-state index in [-0.39, 0.29) is 11.3 Å². The number of esters is 1. The van der Waals surface area contributed by atoms with Crippen molar-refractivity contribution >= 4 is 28.6 Å². The molecular formula is C20H22N2O4S. The Morgan fingerprint density at radius 1 is 1.26 bits per heavy atom. The van der Waals surface area contributed by atoms with Gasteiger partial charge in [0.1, 0.15) is 5.76 Å². The van der Waals surface area contributed by atoms with Gasteiger partial charge in [-0.15, -0.1) is 0 Å². The Balaban J connectivity index is 1.89. The van der Waals surface area contributed by atoms with E-state index in [1.165, 1.54) is 18.9 Å². The van der Waals surface area contributed by atoms with Gasteiger partial charge in [-0.05, 0) is 36.6 Å². The van der Waals surface area contributed by atoms with E-state index in [0.717, 1.165) is 6.42 Å². The molecule has 3 rings (SSSR count). The fourth-order valence-corrected chi connectivity index (χ4v) is 3.56. The van der Waals surface area contributed by atoms with Crippen molar-refractivity contribution in [2.24, 2.45) is 5.92 Å². The second kappa shape index (κ2) is 8.43. The third-order valence-corrected chi connectivity index (χ3v) is 5.15. The molecule has 0 radical (unpaired) electrons. The number of rotatable bonds is 7. The number of hydrogen-bond acceptors (Lipinski definition) is 6. The van der Waals surface area contributed by atoms with Crippen LogP contribution in [-0.2, 0) is 17.0 Å².